The Morgan fingerprint density at radius 3 is 1.43 bits per heavy atom. The molecule has 0 atom stereocenters. The number of carbonyl (C=O) groups is 2. The maximum absolute atomic E-state index is 13.1. The van der Waals surface area contributed by atoms with E-state index in [-0.39, 0.29) is 24.8 Å². The van der Waals surface area contributed by atoms with Crippen molar-refractivity contribution in [1.29, 1.82) is 0 Å². The monoisotopic (exact) mass is 657 g/mol. The van der Waals surface area contributed by atoms with E-state index < -0.39 is 0 Å². The van der Waals surface area contributed by atoms with Crippen LogP contribution in [0.3, 0.4) is 0 Å². The second kappa shape index (κ2) is 33.8. The van der Waals surface area contributed by atoms with Gasteiger partial charge >= 0.3 is 0 Å². The van der Waals surface area contributed by atoms with Crippen LogP contribution in [0.2, 0.25) is 0 Å². The molecule has 2 amide bonds. The molecule has 0 aliphatic carbocycles. The first kappa shape index (κ1) is 42.9. The number of aromatic amines is 1. The van der Waals surface area contributed by atoms with Crippen LogP contribution in [0, 0.1) is 0 Å². The standard InChI is InChI=1S/C41H76N4O2/c1-3-5-7-9-11-13-15-17-19-20-22-24-26-28-30-32-34-45(41(47)37-43-40(46)35-39-36-42-38-44-39)33-31-29-27-25-23-21-18-16-14-12-10-8-6-4-2/h17,19,36,38H,3-16,18,20-35,37H2,1-2H3,(H,42,44)(H,43,46)/b19-17-. The lowest BCUT2D eigenvalue weighted by Gasteiger charge is -2.23. The number of aromatic nitrogens is 2. The third kappa shape index (κ3) is 28.6. The molecule has 0 saturated heterocycles. The quantitative estimate of drug-likeness (QED) is 0.0564. The number of rotatable bonds is 35. The highest BCUT2D eigenvalue weighted by Crippen LogP contribution is 2.14. The zero-order valence-corrected chi connectivity index (χ0v) is 31.1. The van der Waals surface area contributed by atoms with Gasteiger partial charge in [0.2, 0.25) is 11.8 Å². The molecule has 0 aliphatic rings. The fourth-order valence-electron chi connectivity index (χ4n) is 6.31. The molecule has 0 radical (unpaired) electrons. The maximum atomic E-state index is 13.1. The highest BCUT2D eigenvalue weighted by Gasteiger charge is 2.15. The lowest BCUT2D eigenvalue weighted by atomic mass is 10.0. The fraction of sp³-hybridized carbons (Fsp3) is 0.829. The number of imidazole rings is 1. The summed E-state index contributed by atoms with van der Waals surface area (Å²) in [7, 11) is 0. The Balaban J connectivity index is 2.18. The van der Waals surface area contributed by atoms with Crippen molar-refractivity contribution < 1.29 is 9.59 Å². The number of amides is 2. The smallest absolute Gasteiger partial charge is 0.241 e. The number of H-pyrrole nitrogens is 1. The molecule has 0 spiro atoms. The minimum Gasteiger partial charge on any atom is -0.351 e. The zero-order valence-electron chi connectivity index (χ0n) is 31.1. The summed E-state index contributed by atoms with van der Waals surface area (Å²) in [4.78, 5) is 34.4. The average Bonchev–Trinajstić information content (AvgIpc) is 3.59. The number of nitrogens with zero attached hydrogens (tertiary/aromatic N) is 2. The molecule has 6 nitrogen and oxygen atoms in total. The van der Waals surface area contributed by atoms with Crippen molar-refractivity contribution >= 4 is 11.8 Å². The highest BCUT2D eigenvalue weighted by molar-refractivity contribution is 5.85. The average molecular weight is 657 g/mol. The van der Waals surface area contributed by atoms with E-state index in [0.717, 1.165) is 25.9 Å². The number of allylic oxidation sites excluding steroid dienone is 2. The SMILES string of the molecule is CCCCCCCC/C=C\CCCCCCCCN(CCCCCCCCCCCCCCCC)C(=O)CNC(=O)Cc1c[nH]cn1. The van der Waals surface area contributed by atoms with Crippen LogP contribution in [0.5, 0.6) is 0 Å². The Kier molecular flexibility index (Phi) is 30.8. The summed E-state index contributed by atoms with van der Waals surface area (Å²) >= 11 is 0. The summed E-state index contributed by atoms with van der Waals surface area (Å²) in [5, 5.41) is 2.82. The molecule has 272 valence electrons. The van der Waals surface area contributed by atoms with Gasteiger partial charge in [0.1, 0.15) is 0 Å². The molecule has 0 unspecified atom stereocenters. The Bertz CT molecular complexity index is 839. The first-order chi connectivity index (χ1) is 23.2. The van der Waals surface area contributed by atoms with E-state index in [1.165, 1.54) is 167 Å². The van der Waals surface area contributed by atoms with Crippen molar-refractivity contribution in [2.45, 2.75) is 200 Å². The van der Waals surface area contributed by atoms with Gasteiger partial charge in [-0.05, 0) is 38.5 Å². The first-order valence-corrected chi connectivity index (χ1v) is 20.3. The third-order valence-electron chi connectivity index (χ3n) is 9.41. The Hall–Kier alpha value is -2.11. The summed E-state index contributed by atoms with van der Waals surface area (Å²) in [6.07, 6.45) is 45.0. The molecule has 1 heterocycles. The third-order valence-corrected chi connectivity index (χ3v) is 9.41. The zero-order chi connectivity index (χ0) is 33.9. The van der Waals surface area contributed by atoms with Crippen molar-refractivity contribution in [2.75, 3.05) is 19.6 Å². The summed E-state index contributed by atoms with van der Waals surface area (Å²) < 4.78 is 0. The summed E-state index contributed by atoms with van der Waals surface area (Å²) in [5.41, 5.74) is 0.693. The van der Waals surface area contributed by atoms with Crippen molar-refractivity contribution in [2.24, 2.45) is 0 Å². The Morgan fingerprint density at radius 2 is 1.02 bits per heavy atom. The molecular weight excluding hydrogens is 580 g/mol. The molecule has 0 aromatic carbocycles. The number of nitrogens with one attached hydrogen (secondary N) is 2. The van der Waals surface area contributed by atoms with E-state index >= 15 is 0 Å². The predicted octanol–water partition coefficient (Wildman–Crippen LogP) is 11.4. The Morgan fingerprint density at radius 1 is 0.617 bits per heavy atom. The van der Waals surface area contributed by atoms with Gasteiger partial charge in [0.05, 0.1) is 25.0 Å². The van der Waals surface area contributed by atoms with Crippen LogP contribution < -0.4 is 5.32 Å². The van der Waals surface area contributed by atoms with Crippen molar-refractivity contribution in [3.63, 3.8) is 0 Å². The van der Waals surface area contributed by atoms with Gasteiger partial charge in [-0.25, -0.2) is 4.98 Å². The number of hydrogen-bond donors (Lipinski definition) is 2. The molecule has 1 rings (SSSR count). The van der Waals surface area contributed by atoms with Crippen LogP contribution in [0.1, 0.15) is 199 Å². The van der Waals surface area contributed by atoms with Gasteiger partial charge in [-0.15, -0.1) is 0 Å². The van der Waals surface area contributed by atoms with Crippen LogP contribution in [0.4, 0.5) is 0 Å². The van der Waals surface area contributed by atoms with Crippen LogP contribution in [0.15, 0.2) is 24.7 Å². The second-order valence-corrected chi connectivity index (χ2v) is 13.9. The Labute approximate surface area is 291 Å². The van der Waals surface area contributed by atoms with E-state index in [9.17, 15) is 9.59 Å². The lowest BCUT2D eigenvalue weighted by molar-refractivity contribution is -0.132. The van der Waals surface area contributed by atoms with Crippen LogP contribution in [-0.4, -0.2) is 46.3 Å². The number of unbranched alkanes of at least 4 members (excludes halogenated alkanes) is 25. The number of carbonyl (C=O) groups excluding carboxylic acids is 2. The molecule has 2 N–H and O–H groups in total. The van der Waals surface area contributed by atoms with E-state index in [0.29, 0.717) is 5.69 Å². The minimum atomic E-state index is -0.154. The van der Waals surface area contributed by atoms with Crippen molar-refractivity contribution in [3.8, 4) is 0 Å². The van der Waals surface area contributed by atoms with Crippen molar-refractivity contribution in [1.82, 2.24) is 20.2 Å². The van der Waals surface area contributed by atoms with Crippen molar-refractivity contribution in [3.05, 3.63) is 30.4 Å². The summed E-state index contributed by atoms with van der Waals surface area (Å²) in [5.74, 6) is -0.109. The molecule has 0 fully saturated rings. The van der Waals surface area contributed by atoms with Gasteiger partial charge in [-0.3, -0.25) is 9.59 Å². The second-order valence-electron chi connectivity index (χ2n) is 13.9. The van der Waals surface area contributed by atoms with Gasteiger partial charge in [-0.1, -0.05) is 167 Å². The number of hydrogen-bond acceptors (Lipinski definition) is 3. The topological polar surface area (TPSA) is 78.1 Å². The largest absolute Gasteiger partial charge is 0.351 e. The fourth-order valence-corrected chi connectivity index (χ4v) is 6.31. The molecule has 1 aromatic heterocycles. The van der Waals surface area contributed by atoms with Gasteiger partial charge in [-0.2, -0.15) is 0 Å². The molecule has 0 saturated carbocycles. The van der Waals surface area contributed by atoms with Crippen LogP contribution in [0.25, 0.3) is 0 Å². The van der Waals surface area contributed by atoms with Gasteiger partial charge in [0.15, 0.2) is 0 Å². The highest BCUT2D eigenvalue weighted by atomic mass is 16.2. The maximum Gasteiger partial charge on any atom is 0.241 e. The molecule has 47 heavy (non-hydrogen) atoms. The molecule has 0 aliphatic heterocycles. The van der Waals surface area contributed by atoms with Crippen LogP contribution in [-0.2, 0) is 16.0 Å². The first-order valence-electron chi connectivity index (χ1n) is 20.3. The molecule has 1 aromatic rings. The minimum absolute atomic E-state index is 0.0443. The van der Waals surface area contributed by atoms with Gasteiger partial charge in [0, 0.05) is 19.3 Å². The molecule has 0 bridgehead atoms. The predicted molar refractivity (Wildman–Crippen MR) is 202 cm³/mol. The summed E-state index contributed by atoms with van der Waals surface area (Å²) in [6.45, 7) is 6.24. The van der Waals surface area contributed by atoms with Gasteiger partial charge < -0.3 is 15.2 Å². The lowest BCUT2D eigenvalue weighted by Crippen LogP contribution is -2.41. The molecular formula is C41H76N4O2. The molecule has 6 heteroatoms. The van der Waals surface area contributed by atoms with E-state index in [2.05, 4.69) is 41.3 Å². The van der Waals surface area contributed by atoms with E-state index in [1.807, 2.05) is 4.90 Å². The van der Waals surface area contributed by atoms with Crippen LogP contribution >= 0.6 is 0 Å². The van der Waals surface area contributed by atoms with Gasteiger partial charge in [0.25, 0.3) is 0 Å². The van der Waals surface area contributed by atoms with E-state index in [4.69, 9.17) is 0 Å². The normalized spacial score (nSPS) is 11.4. The van der Waals surface area contributed by atoms with E-state index in [1.54, 1.807) is 12.5 Å². The summed E-state index contributed by atoms with van der Waals surface area (Å²) in [6, 6.07) is 0.